The van der Waals surface area contributed by atoms with Crippen molar-refractivity contribution in [2.24, 2.45) is 5.92 Å². The van der Waals surface area contributed by atoms with Gasteiger partial charge in [0.15, 0.2) is 0 Å². The van der Waals surface area contributed by atoms with E-state index < -0.39 is 10.0 Å². The van der Waals surface area contributed by atoms with Crippen LogP contribution in [0, 0.1) is 19.8 Å². The number of sulfonamides is 1. The minimum absolute atomic E-state index is 0.321. The predicted octanol–water partition coefficient (Wildman–Crippen LogP) is 4.56. The molecular formula is C19H26N2O2S. The second kappa shape index (κ2) is 7.71. The zero-order chi connectivity index (χ0) is 17.7. The van der Waals surface area contributed by atoms with Gasteiger partial charge in [-0.2, -0.15) is 0 Å². The first-order valence-electron chi connectivity index (χ1n) is 8.22. The van der Waals surface area contributed by atoms with Gasteiger partial charge in [0.25, 0.3) is 10.0 Å². The second-order valence-electron chi connectivity index (χ2n) is 6.56. The third kappa shape index (κ3) is 4.99. The quantitative estimate of drug-likeness (QED) is 0.772. The molecule has 2 rings (SSSR count). The Hall–Kier alpha value is -2.01. The summed E-state index contributed by atoms with van der Waals surface area (Å²) < 4.78 is 27.8. The highest BCUT2D eigenvalue weighted by atomic mass is 32.2. The van der Waals surface area contributed by atoms with Gasteiger partial charge in [-0.05, 0) is 67.6 Å². The third-order valence-corrected chi connectivity index (χ3v) is 5.34. The van der Waals surface area contributed by atoms with Crippen LogP contribution in [-0.4, -0.2) is 15.0 Å². The lowest BCUT2D eigenvalue weighted by molar-refractivity contribution is 0.600. The molecule has 2 aromatic carbocycles. The third-order valence-electron chi connectivity index (χ3n) is 3.82. The molecule has 0 fully saturated rings. The van der Waals surface area contributed by atoms with Crippen LogP contribution in [0.5, 0.6) is 0 Å². The molecule has 2 N–H and O–H groups in total. The molecule has 0 spiro atoms. The van der Waals surface area contributed by atoms with Crippen molar-refractivity contribution in [2.45, 2.75) is 39.0 Å². The van der Waals surface area contributed by atoms with Crippen molar-refractivity contribution in [1.82, 2.24) is 0 Å². The number of benzene rings is 2. The van der Waals surface area contributed by atoms with E-state index in [-0.39, 0.29) is 0 Å². The first-order valence-corrected chi connectivity index (χ1v) is 9.70. The first kappa shape index (κ1) is 18.3. The van der Waals surface area contributed by atoms with Gasteiger partial charge in [0.1, 0.15) is 0 Å². The fourth-order valence-electron chi connectivity index (χ4n) is 2.37. The van der Waals surface area contributed by atoms with Crippen LogP contribution in [0.4, 0.5) is 11.4 Å². The number of hydrogen-bond donors (Lipinski definition) is 2. The van der Waals surface area contributed by atoms with Gasteiger partial charge in [-0.15, -0.1) is 0 Å². The van der Waals surface area contributed by atoms with E-state index in [0.29, 0.717) is 16.5 Å². The molecule has 0 aromatic heterocycles. The van der Waals surface area contributed by atoms with Crippen LogP contribution in [0.3, 0.4) is 0 Å². The second-order valence-corrected chi connectivity index (χ2v) is 8.21. The Kier molecular flexibility index (Phi) is 5.89. The van der Waals surface area contributed by atoms with Crippen molar-refractivity contribution in [1.29, 1.82) is 0 Å². The lowest BCUT2D eigenvalue weighted by Crippen LogP contribution is -2.14. The Labute approximate surface area is 145 Å². The van der Waals surface area contributed by atoms with Crippen molar-refractivity contribution in [3.05, 3.63) is 53.6 Å². The molecule has 0 unspecified atom stereocenters. The molecule has 2 aromatic rings. The number of nitrogens with one attached hydrogen (secondary N) is 2. The molecule has 0 aliphatic heterocycles. The van der Waals surface area contributed by atoms with Gasteiger partial charge in [0, 0.05) is 17.9 Å². The number of hydrogen-bond acceptors (Lipinski definition) is 3. The summed E-state index contributed by atoms with van der Waals surface area (Å²) in [4.78, 5) is 0.321. The molecule has 0 amide bonds. The fourth-order valence-corrected chi connectivity index (χ4v) is 3.76. The minimum Gasteiger partial charge on any atom is -0.385 e. The summed E-state index contributed by atoms with van der Waals surface area (Å²) in [7, 11) is -3.58. The molecular weight excluding hydrogens is 320 g/mol. The maximum absolute atomic E-state index is 12.6. The largest absolute Gasteiger partial charge is 0.385 e. The Balaban J connectivity index is 2.08. The van der Waals surface area contributed by atoms with Crippen molar-refractivity contribution in [3.8, 4) is 0 Å². The van der Waals surface area contributed by atoms with E-state index in [4.69, 9.17) is 0 Å². The summed E-state index contributed by atoms with van der Waals surface area (Å²) >= 11 is 0. The minimum atomic E-state index is -3.58. The predicted molar refractivity (Wildman–Crippen MR) is 101 cm³/mol. The van der Waals surface area contributed by atoms with E-state index in [2.05, 4.69) is 23.9 Å². The van der Waals surface area contributed by atoms with Crippen LogP contribution < -0.4 is 10.0 Å². The molecule has 5 heteroatoms. The van der Waals surface area contributed by atoms with Gasteiger partial charge >= 0.3 is 0 Å². The van der Waals surface area contributed by atoms with Crippen LogP contribution in [0.1, 0.15) is 31.4 Å². The monoisotopic (exact) mass is 346 g/mol. The number of anilines is 2. The van der Waals surface area contributed by atoms with E-state index >= 15 is 0 Å². The van der Waals surface area contributed by atoms with Crippen LogP contribution in [-0.2, 0) is 10.0 Å². The van der Waals surface area contributed by atoms with Gasteiger partial charge in [0.05, 0.1) is 4.90 Å². The number of rotatable bonds is 7. The zero-order valence-electron chi connectivity index (χ0n) is 14.8. The first-order chi connectivity index (χ1) is 11.3. The Morgan fingerprint density at radius 2 is 1.58 bits per heavy atom. The Morgan fingerprint density at radius 1 is 0.958 bits per heavy atom. The summed E-state index contributed by atoms with van der Waals surface area (Å²) in [5.41, 5.74) is 3.21. The highest BCUT2D eigenvalue weighted by Crippen LogP contribution is 2.21. The SMILES string of the molecule is Cc1ccc(C)c(S(=O)(=O)Nc2ccc(NCCC(C)C)cc2)c1. The molecule has 0 radical (unpaired) electrons. The summed E-state index contributed by atoms with van der Waals surface area (Å²) in [5, 5.41) is 3.34. The van der Waals surface area contributed by atoms with Gasteiger partial charge in [0.2, 0.25) is 0 Å². The van der Waals surface area contributed by atoms with Gasteiger partial charge in [-0.3, -0.25) is 4.72 Å². The normalized spacial score (nSPS) is 11.5. The van der Waals surface area contributed by atoms with Gasteiger partial charge in [-0.25, -0.2) is 8.42 Å². The molecule has 0 heterocycles. The molecule has 0 saturated heterocycles. The summed E-state index contributed by atoms with van der Waals surface area (Å²) in [6.45, 7) is 8.97. The van der Waals surface area contributed by atoms with Crippen molar-refractivity contribution >= 4 is 21.4 Å². The molecule has 0 bridgehead atoms. The number of aryl methyl sites for hydroxylation is 2. The average Bonchev–Trinajstić information content (AvgIpc) is 2.51. The van der Waals surface area contributed by atoms with Crippen molar-refractivity contribution in [2.75, 3.05) is 16.6 Å². The molecule has 4 nitrogen and oxygen atoms in total. The fraction of sp³-hybridized carbons (Fsp3) is 0.368. The molecule has 24 heavy (non-hydrogen) atoms. The topological polar surface area (TPSA) is 58.2 Å². The maximum Gasteiger partial charge on any atom is 0.262 e. The van der Waals surface area contributed by atoms with E-state index in [1.165, 1.54) is 0 Å². The van der Waals surface area contributed by atoms with E-state index in [1.807, 2.05) is 31.2 Å². The average molecular weight is 346 g/mol. The Morgan fingerprint density at radius 3 is 2.21 bits per heavy atom. The van der Waals surface area contributed by atoms with Crippen molar-refractivity contribution < 1.29 is 8.42 Å². The highest BCUT2D eigenvalue weighted by Gasteiger charge is 2.17. The van der Waals surface area contributed by atoms with Gasteiger partial charge < -0.3 is 5.32 Å². The smallest absolute Gasteiger partial charge is 0.262 e. The van der Waals surface area contributed by atoms with E-state index in [0.717, 1.165) is 29.8 Å². The summed E-state index contributed by atoms with van der Waals surface area (Å²) in [6, 6.07) is 12.8. The molecule has 0 aliphatic carbocycles. The summed E-state index contributed by atoms with van der Waals surface area (Å²) in [6.07, 6.45) is 1.10. The summed E-state index contributed by atoms with van der Waals surface area (Å²) in [5.74, 6) is 0.654. The van der Waals surface area contributed by atoms with E-state index in [9.17, 15) is 8.42 Å². The molecule has 0 atom stereocenters. The highest BCUT2D eigenvalue weighted by molar-refractivity contribution is 7.92. The Bertz CT molecular complexity index is 782. The molecule has 0 aliphatic rings. The van der Waals surface area contributed by atoms with E-state index in [1.54, 1.807) is 25.1 Å². The van der Waals surface area contributed by atoms with Crippen LogP contribution in [0.2, 0.25) is 0 Å². The van der Waals surface area contributed by atoms with Crippen molar-refractivity contribution in [3.63, 3.8) is 0 Å². The van der Waals surface area contributed by atoms with Crippen LogP contribution >= 0.6 is 0 Å². The van der Waals surface area contributed by atoms with Crippen LogP contribution in [0.25, 0.3) is 0 Å². The maximum atomic E-state index is 12.6. The standard InChI is InChI=1S/C19H26N2O2S/c1-14(2)11-12-20-17-7-9-18(10-8-17)21-24(22,23)19-13-15(3)5-6-16(19)4/h5-10,13-14,20-21H,11-12H2,1-4H3. The zero-order valence-corrected chi connectivity index (χ0v) is 15.6. The lowest BCUT2D eigenvalue weighted by atomic mass is 10.1. The molecule has 130 valence electrons. The lowest BCUT2D eigenvalue weighted by Gasteiger charge is -2.12. The van der Waals surface area contributed by atoms with Crippen LogP contribution in [0.15, 0.2) is 47.4 Å². The molecule has 0 saturated carbocycles. The van der Waals surface area contributed by atoms with Gasteiger partial charge in [-0.1, -0.05) is 26.0 Å².